The molecular formula is C10H15BrN2S. The Bertz CT molecular complexity index is 305. The van der Waals surface area contributed by atoms with Crippen LogP contribution in [0.1, 0.15) is 31.5 Å². The predicted octanol–water partition coefficient (Wildman–Crippen LogP) is 3.28. The second kappa shape index (κ2) is 4.71. The molecule has 2 heterocycles. The molecule has 0 spiro atoms. The van der Waals surface area contributed by atoms with Crippen LogP contribution in [0.2, 0.25) is 0 Å². The summed E-state index contributed by atoms with van der Waals surface area (Å²) in [5, 5.41) is 0. The molecule has 0 unspecified atom stereocenters. The van der Waals surface area contributed by atoms with Crippen molar-refractivity contribution in [2.75, 3.05) is 11.5 Å². The molecule has 0 saturated carbocycles. The number of hydrogen-bond donors (Lipinski definition) is 0. The zero-order valence-corrected chi connectivity index (χ0v) is 10.8. The van der Waals surface area contributed by atoms with Crippen LogP contribution < -0.4 is 0 Å². The number of halogens is 1. The molecule has 0 bridgehead atoms. The van der Waals surface area contributed by atoms with E-state index in [0.29, 0.717) is 5.92 Å². The minimum atomic E-state index is 0.683. The normalized spacial score (nSPS) is 18.7. The topological polar surface area (TPSA) is 17.8 Å². The fraction of sp³-hybridized carbons (Fsp3) is 0.700. The molecule has 1 aliphatic rings. The van der Waals surface area contributed by atoms with Gasteiger partial charge in [-0.25, -0.2) is 4.98 Å². The van der Waals surface area contributed by atoms with Crippen LogP contribution in [0, 0.1) is 0 Å². The molecule has 1 aromatic heterocycles. The second-order valence-electron chi connectivity index (χ2n) is 3.57. The molecule has 14 heavy (non-hydrogen) atoms. The molecule has 1 aromatic rings. The largest absolute Gasteiger partial charge is 0.323 e. The fourth-order valence-corrected chi connectivity index (χ4v) is 3.60. The molecule has 4 heteroatoms. The van der Waals surface area contributed by atoms with Gasteiger partial charge in [0, 0.05) is 12.5 Å². The lowest BCUT2D eigenvalue weighted by atomic mass is 10.0. The minimum absolute atomic E-state index is 0.683. The van der Waals surface area contributed by atoms with E-state index in [1.165, 1.54) is 30.2 Å². The Balaban J connectivity index is 2.21. The summed E-state index contributed by atoms with van der Waals surface area (Å²) in [6, 6.07) is 0. The molecule has 1 fully saturated rings. The third-order valence-electron chi connectivity index (χ3n) is 2.74. The van der Waals surface area contributed by atoms with E-state index in [1.54, 1.807) is 0 Å². The van der Waals surface area contributed by atoms with Gasteiger partial charge in [0.2, 0.25) is 0 Å². The highest BCUT2D eigenvalue weighted by Crippen LogP contribution is 2.31. The quantitative estimate of drug-likeness (QED) is 0.824. The van der Waals surface area contributed by atoms with Crippen LogP contribution in [-0.4, -0.2) is 21.1 Å². The van der Waals surface area contributed by atoms with Gasteiger partial charge in [0.15, 0.2) is 0 Å². The molecule has 2 rings (SSSR count). The van der Waals surface area contributed by atoms with Crippen LogP contribution in [-0.2, 0) is 6.54 Å². The zero-order valence-electron chi connectivity index (χ0n) is 8.37. The van der Waals surface area contributed by atoms with Crippen molar-refractivity contribution in [3.05, 3.63) is 16.6 Å². The lowest BCUT2D eigenvalue weighted by Gasteiger charge is -2.21. The average Bonchev–Trinajstić information content (AvgIpc) is 2.61. The van der Waals surface area contributed by atoms with Crippen molar-refractivity contribution in [3.63, 3.8) is 0 Å². The van der Waals surface area contributed by atoms with Crippen LogP contribution in [0.5, 0.6) is 0 Å². The summed E-state index contributed by atoms with van der Waals surface area (Å²) < 4.78 is 3.40. The Morgan fingerprint density at radius 3 is 2.93 bits per heavy atom. The van der Waals surface area contributed by atoms with Gasteiger partial charge in [-0.3, -0.25) is 0 Å². The molecule has 0 radical (unpaired) electrons. The maximum atomic E-state index is 4.52. The first-order chi connectivity index (χ1) is 6.83. The highest BCUT2D eigenvalue weighted by atomic mass is 79.9. The first-order valence-corrected chi connectivity index (χ1v) is 7.06. The van der Waals surface area contributed by atoms with Crippen molar-refractivity contribution in [3.8, 4) is 0 Å². The van der Waals surface area contributed by atoms with Gasteiger partial charge in [-0.2, -0.15) is 11.8 Å². The van der Waals surface area contributed by atoms with E-state index in [1.807, 2.05) is 6.20 Å². The first-order valence-electron chi connectivity index (χ1n) is 5.11. The molecule has 0 atom stereocenters. The Morgan fingerprint density at radius 2 is 2.29 bits per heavy atom. The molecule has 2 nitrogen and oxygen atoms in total. The van der Waals surface area contributed by atoms with Crippen molar-refractivity contribution < 1.29 is 0 Å². The fourth-order valence-electron chi connectivity index (χ4n) is 1.96. The van der Waals surface area contributed by atoms with E-state index in [4.69, 9.17) is 0 Å². The third kappa shape index (κ3) is 2.01. The number of hydrogen-bond acceptors (Lipinski definition) is 2. The van der Waals surface area contributed by atoms with Gasteiger partial charge < -0.3 is 4.57 Å². The van der Waals surface area contributed by atoms with Crippen molar-refractivity contribution in [2.45, 2.75) is 32.2 Å². The summed E-state index contributed by atoms with van der Waals surface area (Å²) in [6.45, 7) is 3.19. The SMILES string of the molecule is CCn1c(Br)cnc1C1CCSCC1. The van der Waals surface area contributed by atoms with Gasteiger partial charge >= 0.3 is 0 Å². The molecule has 0 aliphatic carbocycles. The van der Waals surface area contributed by atoms with Crippen LogP contribution in [0.15, 0.2) is 10.8 Å². The van der Waals surface area contributed by atoms with E-state index >= 15 is 0 Å². The van der Waals surface area contributed by atoms with E-state index < -0.39 is 0 Å². The number of aromatic nitrogens is 2. The van der Waals surface area contributed by atoms with Crippen molar-refractivity contribution in [1.29, 1.82) is 0 Å². The molecular weight excluding hydrogens is 260 g/mol. The minimum Gasteiger partial charge on any atom is -0.323 e. The number of rotatable bonds is 2. The molecule has 0 amide bonds. The van der Waals surface area contributed by atoms with Gasteiger partial charge in [-0.05, 0) is 47.2 Å². The standard InChI is InChI=1S/C10H15BrN2S/c1-2-13-9(11)7-12-10(13)8-3-5-14-6-4-8/h7-8H,2-6H2,1H3. The van der Waals surface area contributed by atoms with E-state index in [2.05, 4.69) is 44.2 Å². The maximum Gasteiger partial charge on any atom is 0.112 e. The zero-order chi connectivity index (χ0) is 9.97. The number of imidazole rings is 1. The van der Waals surface area contributed by atoms with E-state index in [-0.39, 0.29) is 0 Å². The van der Waals surface area contributed by atoms with Crippen LogP contribution in [0.25, 0.3) is 0 Å². The molecule has 1 aliphatic heterocycles. The van der Waals surface area contributed by atoms with E-state index in [9.17, 15) is 0 Å². The predicted molar refractivity (Wildman–Crippen MR) is 64.9 cm³/mol. The van der Waals surface area contributed by atoms with Crippen molar-refractivity contribution in [2.24, 2.45) is 0 Å². The monoisotopic (exact) mass is 274 g/mol. The van der Waals surface area contributed by atoms with Gasteiger partial charge in [0.25, 0.3) is 0 Å². The highest BCUT2D eigenvalue weighted by Gasteiger charge is 2.20. The van der Waals surface area contributed by atoms with Crippen molar-refractivity contribution >= 4 is 27.7 Å². The Labute approximate surface area is 97.6 Å². The molecule has 0 aromatic carbocycles. The first kappa shape index (κ1) is 10.6. The smallest absolute Gasteiger partial charge is 0.112 e. The summed E-state index contributed by atoms with van der Waals surface area (Å²) in [5.74, 6) is 4.54. The van der Waals surface area contributed by atoms with E-state index in [0.717, 1.165) is 11.1 Å². The van der Waals surface area contributed by atoms with Gasteiger partial charge in [0.1, 0.15) is 10.4 Å². The summed E-state index contributed by atoms with van der Waals surface area (Å²) in [7, 11) is 0. The third-order valence-corrected chi connectivity index (χ3v) is 4.42. The summed E-state index contributed by atoms with van der Waals surface area (Å²) in [4.78, 5) is 4.52. The molecule has 0 N–H and O–H groups in total. The lowest BCUT2D eigenvalue weighted by Crippen LogP contribution is -2.13. The van der Waals surface area contributed by atoms with Crippen LogP contribution in [0.3, 0.4) is 0 Å². The van der Waals surface area contributed by atoms with Crippen LogP contribution >= 0.6 is 27.7 Å². The Hall–Kier alpha value is 0.0400. The van der Waals surface area contributed by atoms with Gasteiger partial charge in [-0.1, -0.05) is 0 Å². The van der Waals surface area contributed by atoms with Crippen LogP contribution in [0.4, 0.5) is 0 Å². The summed E-state index contributed by atoms with van der Waals surface area (Å²) in [6.07, 6.45) is 4.50. The second-order valence-corrected chi connectivity index (χ2v) is 5.61. The van der Waals surface area contributed by atoms with Gasteiger partial charge in [-0.15, -0.1) is 0 Å². The Morgan fingerprint density at radius 1 is 1.57 bits per heavy atom. The summed E-state index contributed by atoms with van der Waals surface area (Å²) in [5.41, 5.74) is 0. The van der Waals surface area contributed by atoms with Crippen molar-refractivity contribution in [1.82, 2.24) is 9.55 Å². The molecule has 1 saturated heterocycles. The average molecular weight is 275 g/mol. The highest BCUT2D eigenvalue weighted by molar-refractivity contribution is 9.10. The lowest BCUT2D eigenvalue weighted by molar-refractivity contribution is 0.552. The van der Waals surface area contributed by atoms with Gasteiger partial charge in [0.05, 0.1) is 6.20 Å². The number of nitrogens with zero attached hydrogens (tertiary/aromatic N) is 2. The summed E-state index contributed by atoms with van der Waals surface area (Å²) >= 11 is 5.60. The Kier molecular flexibility index (Phi) is 3.55. The maximum absolute atomic E-state index is 4.52. The molecule has 78 valence electrons. The number of thioether (sulfide) groups is 1.